The number of fused-ring (bicyclic) bond motifs is 1. The van der Waals surface area contributed by atoms with Gasteiger partial charge >= 0.3 is 6.09 Å². The Morgan fingerprint density at radius 3 is 2.75 bits per heavy atom. The van der Waals surface area contributed by atoms with Gasteiger partial charge in [-0.05, 0) is 32.9 Å². The zero-order valence-electron chi connectivity index (χ0n) is 14.4. The van der Waals surface area contributed by atoms with Crippen molar-refractivity contribution in [1.82, 2.24) is 14.7 Å². The normalized spacial score (nSPS) is 15.5. The lowest BCUT2D eigenvalue weighted by Crippen LogP contribution is -2.53. The third kappa shape index (κ3) is 3.66. The molecule has 7 heteroatoms. The summed E-state index contributed by atoms with van der Waals surface area (Å²) in [6, 6.07) is 3.89. The molecular weight excluding hydrogens is 374 g/mol. The van der Waals surface area contributed by atoms with Crippen LogP contribution in [0.25, 0.3) is 10.9 Å². The first-order valence-corrected chi connectivity index (χ1v) is 8.75. The van der Waals surface area contributed by atoms with Crippen LogP contribution in [-0.2, 0) is 11.8 Å². The first-order valence-electron chi connectivity index (χ1n) is 7.95. The molecule has 1 aromatic carbocycles. The van der Waals surface area contributed by atoms with Gasteiger partial charge in [0, 0.05) is 42.1 Å². The summed E-state index contributed by atoms with van der Waals surface area (Å²) in [5, 5.41) is 5.48. The molecule has 1 aliphatic rings. The Kier molecular flexibility index (Phi) is 4.46. The van der Waals surface area contributed by atoms with E-state index >= 15 is 0 Å². The van der Waals surface area contributed by atoms with Gasteiger partial charge in [0.1, 0.15) is 16.9 Å². The summed E-state index contributed by atoms with van der Waals surface area (Å²) in [5.74, 6) is 1.09. The molecule has 24 heavy (non-hydrogen) atoms. The number of benzene rings is 1. The summed E-state index contributed by atoms with van der Waals surface area (Å²) in [6.07, 6.45) is 1.70. The molecule has 1 aromatic heterocycles. The fraction of sp³-hybridized carbons (Fsp3) is 0.529. The van der Waals surface area contributed by atoms with Gasteiger partial charge in [0.05, 0.1) is 6.61 Å². The monoisotopic (exact) mass is 395 g/mol. The van der Waals surface area contributed by atoms with Crippen molar-refractivity contribution in [3.05, 3.63) is 22.8 Å². The highest BCUT2D eigenvalue weighted by Crippen LogP contribution is 2.31. The zero-order chi connectivity index (χ0) is 17.5. The fourth-order valence-corrected chi connectivity index (χ4v) is 3.06. The van der Waals surface area contributed by atoms with E-state index in [0.717, 1.165) is 21.1 Å². The highest BCUT2D eigenvalue weighted by Gasteiger charge is 2.34. The third-order valence-electron chi connectivity index (χ3n) is 3.78. The smallest absolute Gasteiger partial charge is 0.410 e. The maximum absolute atomic E-state index is 11.9. The lowest BCUT2D eigenvalue weighted by Gasteiger charge is -2.39. The SMILES string of the molecule is Cn1cc2c(Br)ccc(OCC3CN(C(=O)OC(C)(C)C)C3)c2n1. The molecule has 1 fully saturated rings. The van der Waals surface area contributed by atoms with Gasteiger partial charge in [0.25, 0.3) is 0 Å². The lowest BCUT2D eigenvalue weighted by molar-refractivity contribution is -0.00774. The molecule has 1 amide bonds. The fourth-order valence-electron chi connectivity index (χ4n) is 2.64. The maximum Gasteiger partial charge on any atom is 0.410 e. The van der Waals surface area contributed by atoms with E-state index in [0.29, 0.717) is 25.6 Å². The van der Waals surface area contributed by atoms with E-state index in [2.05, 4.69) is 21.0 Å². The van der Waals surface area contributed by atoms with Gasteiger partial charge < -0.3 is 14.4 Å². The molecular formula is C17H22BrN3O3. The van der Waals surface area contributed by atoms with Crippen LogP contribution >= 0.6 is 15.9 Å². The number of aromatic nitrogens is 2. The van der Waals surface area contributed by atoms with Crippen LogP contribution in [0.5, 0.6) is 5.75 Å². The summed E-state index contributed by atoms with van der Waals surface area (Å²) in [7, 11) is 1.89. The molecule has 0 N–H and O–H groups in total. The van der Waals surface area contributed by atoms with Crippen molar-refractivity contribution < 1.29 is 14.3 Å². The largest absolute Gasteiger partial charge is 0.491 e. The number of amides is 1. The lowest BCUT2D eigenvalue weighted by atomic mass is 10.0. The molecule has 3 rings (SSSR count). The van der Waals surface area contributed by atoms with E-state index in [1.165, 1.54) is 0 Å². The molecule has 0 unspecified atom stereocenters. The molecule has 0 spiro atoms. The summed E-state index contributed by atoms with van der Waals surface area (Å²) in [5.41, 5.74) is 0.385. The average molecular weight is 396 g/mol. The van der Waals surface area contributed by atoms with Gasteiger partial charge in [-0.15, -0.1) is 0 Å². The molecule has 1 aliphatic heterocycles. The number of hydrogen-bond donors (Lipinski definition) is 0. The molecule has 6 nitrogen and oxygen atoms in total. The van der Waals surface area contributed by atoms with Gasteiger partial charge in [-0.3, -0.25) is 4.68 Å². The van der Waals surface area contributed by atoms with E-state index in [9.17, 15) is 4.79 Å². The summed E-state index contributed by atoms with van der Waals surface area (Å²) >= 11 is 3.53. The second-order valence-corrected chi connectivity index (χ2v) is 8.03. The quantitative estimate of drug-likeness (QED) is 0.796. The molecule has 2 aromatic rings. The Morgan fingerprint density at radius 2 is 2.08 bits per heavy atom. The molecule has 1 saturated heterocycles. The van der Waals surface area contributed by atoms with E-state index in [4.69, 9.17) is 9.47 Å². The molecule has 0 atom stereocenters. The number of halogens is 1. The Labute approximate surface area is 149 Å². The summed E-state index contributed by atoms with van der Waals surface area (Å²) < 4.78 is 14.1. The number of nitrogens with zero attached hydrogens (tertiary/aromatic N) is 3. The van der Waals surface area contributed by atoms with Crippen LogP contribution in [0.3, 0.4) is 0 Å². The average Bonchev–Trinajstić information content (AvgIpc) is 2.80. The van der Waals surface area contributed by atoms with Gasteiger partial charge in [-0.25, -0.2) is 4.79 Å². The van der Waals surface area contributed by atoms with Crippen LogP contribution in [-0.4, -0.2) is 46.1 Å². The maximum atomic E-state index is 11.9. The number of aryl methyl sites for hydroxylation is 1. The van der Waals surface area contributed by atoms with E-state index in [1.807, 2.05) is 46.1 Å². The Morgan fingerprint density at radius 1 is 1.38 bits per heavy atom. The van der Waals surface area contributed by atoms with Crippen molar-refractivity contribution in [1.29, 1.82) is 0 Å². The molecule has 130 valence electrons. The second-order valence-electron chi connectivity index (χ2n) is 7.17. The molecule has 0 saturated carbocycles. The van der Waals surface area contributed by atoms with Crippen molar-refractivity contribution in [3.63, 3.8) is 0 Å². The van der Waals surface area contributed by atoms with Gasteiger partial charge in [0.2, 0.25) is 0 Å². The molecule has 0 aliphatic carbocycles. The molecule has 2 heterocycles. The van der Waals surface area contributed by atoms with Crippen LogP contribution in [0.15, 0.2) is 22.8 Å². The Bertz CT molecular complexity index is 760. The summed E-state index contributed by atoms with van der Waals surface area (Å²) in [4.78, 5) is 13.6. The zero-order valence-corrected chi connectivity index (χ0v) is 16.0. The minimum Gasteiger partial charge on any atom is -0.491 e. The van der Waals surface area contributed by atoms with Crippen molar-refractivity contribution in [2.24, 2.45) is 13.0 Å². The van der Waals surface area contributed by atoms with E-state index < -0.39 is 5.60 Å². The van der Waals surface area contributed by atoms with Gasteiger partial charge in [0.15, 0.2) is 0 Å². The summed E-state index contributed by atoms with van der Waals surface area (Å²) in [6.45, 7) is 7.50. The van der Waals surface area contributed by atoms with Crippen molar-refractivity contribution in [2.45, 2.75) is 26.4 Å². The molecule has 0 radical (unpaired) electrons. The van der Waals surface area contributed by atoms with Crippen molar-refractivity contribution in [3.8, 4) is 5.75 Å². The van der Waals surface area contributed by atoms with Crippen LogP contribution in [0.4, 0.5) is 4.79 Å². The first kappa shape index (κ1) is 17.1. The number of hydrogen-bond acceptors (Lipinski definition) is 4. The van der Waals surface area contributed by atoms with Crippen molar-refractivity contribution >= 4 is 32.9 Å². The second kappa shape index (κ2) is 6.27. The number of ether oxygens (including phenoxy) is 2. The van der Waals surface area contributed by atoms with Crippen molar-refractivity contribution in [2.75, 3.05) is 19.7 Å². The predicted octanol–water partition coefficient (Wildman–Crippen LogP) is 3.58. The van der Waals surface area contributed by atoms with Crippen LogP contribution in [0, 0.1) is 5.92 Å². The first-order chi connectivity index (χ1) is 11.2. The van der Waals surface area contributed by atoms with Crippen LogP contribution in [0.1, 0.15) is 20.8 Å². The number of likely N-dealkylation sites (tertiary alicyclic amines) is 1. The number of carbonyl (C=O) groups is 1. The van der Waals surface area contributed by atoms with E-state index in [1.54, 1.807) is 9.58 Å². The van der Waals surface area contributed by atoms with Gasteiger partial charge in [-0.2, -0.15) is 5.10 Å². The predicted molar refractivity (Wildman–Crippen MR) is 95.2 cm³/mol. The number of carbonyl (C=O) groups excluding carboxylic acids is 1. The van der Waals surface area contributed by atoms with Gasteiger partial charge in [-0.1, -0.05) is 15.9 Å². The molecule has 0 bridgehead atoms. The number of rotatable bonds is 3. The minimum absolute atomic E-state index is 0.255. The Hall–Kier alpha value is -1.76. The minimum atomic E-state index is -0.458. The third-order valence-corrected chi connectivity index (χ3v) is 4.48. The topological polar surface area (TPSA) is 56.6 Å². The highest BCUT2D eigenvalue weighted by atomic mass is 79.9. The highest BCUT2D eigenvalue weighted by molar-refractivity contribution is 9.10. The van der Waals surface area contributed by atoms with E-state index in [-0.39, 0.29) is 6.09 Å². The Balaban J connectivity index is 1.55. The van der Waals surface area contributed by atoms with Crippen LogP contribution < -0.4 is 4.74 Å². The standard InChI is InChI=1S/C17H22BrN3O3/c1-17(2,3)24-16(22)21-7-11(8-21)10-23-14-6-5-13(18)12-9-20(4)19-15(12)14/h5-6,9,11H,7-8,10H2,1-4H3. The van der Waals surface area contributed by atoms with Crippen LogP contribution in [0.2, 0.25) is 0 Å².